The number of rotatable bonds is 4. The third kappa shape index (κ3) is 3.27. The largest absolute Gasteiger partial charge is 0.463 e. The quantitative estimate of drug-likeness (QED) is 0.757. The van der Waals surface area contributed by atoms with E-state index in [4.69, 9.17) is 0 Å². The third-order valence-corrected chi connectivity index (χ3v) is 2.08. The van der Waals surface area contributed by atoms with Crippen LogP contribution in [-0.4, -0.2) is 39.8 Å². The van der Waals surface area contributed by atoms with Crippen molar-refractivity contribution in [2.24, 2.45) is 0 Å². The number of hydrogen-bond acceptors (Lipinski definition) is 5. The van der Waals surface area contributed by atoms with E-state index in [1.54, 1.807) is 6.92 Å². The Morgan fingerprint density at radius 2 is 2.06 bits per heavy atom. The number of methoxy groups -OCH3 is 1. The van der Waals surface area contributed by atoms with Gasteiger partial charge >= 0.3 is 5.97 Å². The highest BCUT2D eigenvalue weighted by atomic mass is 16.5. The number of nitrogens with one attached hydrogen (secondary N) is 1. The van der Waals surface area contributed by atoms with E-state index in [2.05, 4.69) is 20.1 Å². The molecule has 1 amide bonds. The van der Waals surface area contributed by atoms with Crippen LogP contribution in [0.15, 0.2) is 6.33 Å². The molecule has 1 heterocycles. The van der Waals surface area contributed by atoms with E-state index >= 15 is 0 Å². The Balaban J connectivity index is 2.76. The summed E-state index contributed by atoms with van der Waals surface area (Å²) in [6, 6.07) is -0.475. The molecule has 1 unspecified atom stereocenters. The summed E-state index contributed by atoms with van der Waals surface area (Å²) in [4.78, 5) is 26.6. The van der Waals surface area contributed by atoms with Crippen molar-refractivity contribution in [1.82, 2.24) is 20.1 Å². The fourth-order valence-electron chi connectivity index (χ4n) is 1.17. The smallest absolute Gasteiger partial charge is 0.377 e. The summed E-state index contributed by atoms with van der Waals surface area (Å²) in [5.41, 5.74) is 0. The summed E-state index contributed by atoms with van der Waals surface area (Å²) < 4.78 is 5.80. The van der Waals surface area contributed by atoms with Crippen LogP contribution in [-0.2, 0) is 9.53 Å². The molecule has 0 saturated carbocycles. The molecule has 94 valence electrons. The summed E-state index contributed by atoms with van der Waals surface area (Å²) >= 11 is 0. The summed E-state index contributed by atoms with van der Waals surface area (Å²) in [6.07, 6.45) is 1.33. The lowest BCUT2D eigenvalue weighted by Gasteiger charge is -2.14. The Labute approximate surface area is 99.2 Å². The Kier molecular flexibility index (Phi) is 4.19. The third-order valence-electron chi connectivity index (χ3n) is 2.08. The molecule has 0 bridgehead atoms. The molecule has 0 aromatic carbocycles. The molecule has 1 aromatic heterocycles. The van der Waals surface area contributed by atoms with E-state index in [0.717, 1.165) is 0 Å². The Hall–Kier alpha value is -1.92. The van der Waals surface area contributed by atoms with Gasteiger partial charge in [-0.15, -0.1) is 5.10 Å². The van der Waals surface area contributed by atoms with Gasteiger partial charge in [0.1, 0.15) is 12.4 Å². The van der Waals surface area contributed by atoms with Gasteiger partial charge in [0.2, 0.25) is 5.91 Å². The van der Waals surface area contributed by atoms with Crippen LogP contribution in [0.1, 0.15) is 37.4 Å². The second-order valence-electron chi connectivity index (χ2n) is 3.88. The van der Waals surface area contributed by atoms with Crippen LogP contribution in [0.25, 0.3) is 0 Å². The molecule has 1 atom stereocenters. The second kappa shape index (κ2) is 5.42. The van der Waals surface area contributed by atoms with Gasteiger partial charge in [0, 0.05) is 6.04 Å². The Bertz CT molecular complexity index is 413. The maximum absolute atomic E-state index is 11.7. The monoisotopic (exact) mass is 240 g/mol. The number of amides is 1. The predicted molar refractivity (Wildman–Crippen MR) is 59.4 cm³/mol. The van der Waals surface area contributed by atoms with E-state index in [1.165, 1.54) is 18.1 Å². The van der Waals surface area contributed by atoms with Crippen molar-refractivity contribution in [3.8, 4) is 0 Å². The lowest BCUT2D eigenvalue weighted by molar-refractivity contribution is -0.124. The van der Waals surface area contributed by atoms with Gasteiger partial charge in [-0.25, -0.2) is 14.5 Å². The fourth-order valence-corrected chi connectivity index (χ4v) is 1.17. The van der Waals surface area contributed by atoms with Crippen LogP contribution in [0.2, 0.25) is 0 Å². The minimum Gasteiger partial charge on any atom is -0.463 e. The number of aromatic nitrogens is 3. The minimum absolute atomic E-state index is 0.0496. The van der Waals surface area contributed by atoms with Crippen molar-refractivity contribution < 1.29 is 14.3 Å². The van der Waals surface area contributed by atoms with E-state index < -0.39 is 12.0 Å². The molecule has 0 saturated heterocycles. The highest BCUT2D eigenvalue weighted by molar-refractivity contribution is 5.85. The van der Waals surface area contributed by atoms with Gasteiger partial charge in [-0.05, 0) is 20.8 Å². The normalized spacial score (nSPS) is 12.3. The average Bonchev–Trinajstić information content (AvgIpc) is 2.75. The summed E-state index contributed by atoms with van der Waals surface area (Å²) in [5.74, 6) is -0.863. The van der Waals surface area contributed by atoms with E-state index in [1.807, 2.05) is 13.8 Å². The lowest BCUT2D eigenvalue weighted by atomic mass is 10.3. The second-order valence-corrected chi connectivity index (χ2v) is 3.88. The number of carbonyl (C=O) groups excluding carboxylic acids is 2. The summed E-state index contributed by atoms with van der Waals surface area (Å²) in [6.45, 7) is 5.41. The molecule has 0 aliphatic rings. The van der Waals surface area contributed by atoms with Crippen molar-refractivity contribution in [3.05, 3.63) is 12.2 Å². The summed E-state index contributed by atoms with van der Waals surface area (Å²) in [5, 5.41) is 6.63. The van der Waals surface area contributed by atoms with Crippen LogP contribution in [0.5, 0.6) is 0 Å². The maximum Gasteiger partial charge on any atom is 0.377 e. The van der Waals surface area contributed by atoms with Gasteiger partial charge in [-0.3, -0.25) is 4.79 Å². The van der Waals surface area contributed by atoms with Crippen LogP contribution in [0.4, 0.5) is 0 Å². The number of ether oxygens (including phenoxy) is 1. The number of hydrogen-bond donors (Lipinski definition) is 1. The first-order chi connectivity index (χ1) is 7.95. The first-order valence-electron chi connectivity index (χ1n) is 5.25. The molecule has 1 rings (SSSR count). The van der Waals surface area contributed by atoms with Crippen molar-refractivity contribution in [2.75, 3.05) is 7.11 Å². The van der Waals surface area contributed by atoms with Crippen molar-refractivity contribution >= 4 is 11.9 Å². The topological polar surface area (TPSA) is 86.1 Å². The van der Waals surface area contributed by atoms with Crippen molar-refractivity contribution in [1.29, 1.82) is 0 Å². The average molecular weight is 240 g/mol. The number of nitrogens with zero attached hydrogens (tertiary/aromatic N) is 3. The standard InChI is InChI=1S/C10H16N4O3/c1-6(2)12-9(15)7(3)14-5-11-8(13-14)10(16)17-4/h5-7H,1-4H3,(H,12,15). The highest BCUT2D eigenvalue weighted by Gasteiger charge is 2.19. The van der Waals surface area contributed by atoms with Gasteiger partial charge in [0.05, 0.1) is 7.11 Å². The Morgan fingerprint density at radius 1 is 1.41 bits per heavy atom. The zero-order valence-corrected chi connectivity index (χ0v) is 10.3. The van der Waals surface area contributed by atoms with Crippen LogP contribution >= 0.6 is 0 Å². The molecular weight excluding hydrogens is 224 g/mol. The molecule has 0 aliphatic heterocycles. The van der Waals surface area contributed by atoms with Crippen molar-refractivity contribution in [3.63, 3.8) is 0 Å². The first kappa shape index (κ1) is 13.1. The van der Waals surface area contributed by atoms with Gasteiger partial charge < -0.3 is 10.1 Å². The molecule has 7 heteroatoms. The predicted octanol–water partition coefficient (Wildman–Crippen LogP) is 0.150. The lowest BCUT2D eigenvalue weighted by Crippen LogP contribution is -2.35. The number of carbonyl (C=O) groups is 2. The molecule has 1 aromatic rings. The minimum atomic E-state index is -0.625. The van der Waals surface area contributed by atoms with E-state index in [-0.39, 0.29) is 17.8 Å². The molecule has 0 radical (unpaired) electrons. The molecule has 17 heavy (non-hydrogen) atoms. The molecule has 1 N–H and O–H groups in total. The zero-order chi connectivity index (χ0) is 13.0. The van der Waals surface area contributed by atoms with Gasteiger partial charge in [0.15, 0.2) is 0 Å². The Morgan fingerprint density at radius 3 is 2.59 bits per heavy atom. The first-order valence-corrected chi connectivity index (χ1v) is 5.25. The van der Waals surface area contributed by atoms with Gasteiger partial charge in [-0.2, -0.15) is 0 Å². The van der Waals surface area contributed by atoms with Gasteiger partial charge in [0.25, 0.3) is 5.82 Å². The molecule has 0 aliphatic carbocycles. The molecular formula is C10H16N4O3. The van der Waals surface area contributed by atoms with E-state index in [9.17, 15) is 9.59 Å². The molecule has 0 spiro atoms. The van der Waals surface area contributed by atoms with Crippen molar-refractivity contribution in [2.45, 2.75) is 32.9 Å². The highest BCUT2D eigenvalue weighted by Crippen LogP contribution is 2.04. The van der Waals surface area contributed by atoms with Crippen LogP contribution in [0.3, 0.4) is 0 Å². The van der Waals surface area contributed by atoms with E-state index in [0.29, 0.717) is 0 Å². The maximum atomic E-state index is 11.7. The molecule has 7 nitrogen and oxygen atoms in total. The molecule has 0 fully saturated rings. The van der Waals surface area contributed by atoms with Gasteiger partial charge in [-0.1, -0.05) is 0 Å². The van der Waals surface area contributed by atoms with Crippen LogP contribution < -0.4 is 5.32 Å². The zero-order valence-electron chi connectivity index (χ0n) is 10.3. The number of esters is 1. The SMILES string of the molecule is COC(=O)c1ncn(C(C)C(=O)NC(C)C)n1. The van der Waals surface area contributed by atoms with Crippen LogP contribution in [0, 0.1) is 0 Å². The summed E-state index contributed by atoms with van der Waals surface area (Å²) in [7, 11) is 1.25. The fraction of sp³-hybridized carbons (Fsp3) is 0.600.